The van der Waals surface area contributed by atoms with Crippen molar-refractivity contribution in [3.63, 3.8) is 0 Å². The minimum absolute atomic E-state index is 0.273. The Labute approximate surface area is 91.5 Å². The molecular weight excluding hydrogens is 190 g/mol. The fourth-order valence-corrected chi connectivity index (χ4v) is 1.53. The maximum absolute atomic E-state index is 8.77. The summed E-state index contributed by atoms with van der Waals surface area (Å²) in [5, 5.41) is 12.2. The van der Waals surface area contributed by atoms with Crippen molar-refractivity contribution in [3.8, 4) is 0 Å². The van der Waals surface area contributed by atoms with Crippen LogP contribution in [0.2, 0.25) is 0 Å². The van der Waals surface area contributed by atoms with E-state index < -0.39 is 0 Å². The first kappa shape index (κ1) is 12.3. The van der Waals surface area contributed by atoms with Gasteiger partial charge in [0.05, 0.1) is 6.26 Å². The third-order valence-corrected chi connectivity index (χ3v) is 2.52. The molecule has 2 atom stereocenters. The maximum Gasteiger partial charge on any atom is 0.105 e. The van der Waals surface area contributed by atoms with Crippen molar-refractivity contribution < 1.29 is 9.52 Å². The molecule has 0 spiro atoms. The molecule has 0 saturated heterocycles. The van der Waals surface area contributed by atoms with E-state index in [2.05, 4.69) is 19.2 Å². The second kappa shape index (κ2) is 6.64. The average molecular weight is 211 g/mol. The third-order valence-electron chi connectivity index (χ3n) is 2.52. The van der Waals surface area contributed by atoms with E-state index in [1.54, 1.807) is 6.26 Å². The fourth-order valence-electron chi connectivity index (χ4n) is 1.53. The molecule has 15 heavy (non-hydrogen) atoms. The van der Waals surface area contributed by atoms with Gasteiger partial charge in [0.2, 0.25) is 0 Å². The molecule has 0 amide bonds. The second-order valence-corrected chi connectivity index (χ2v) is 4.21. The monoisotopic (exact) mass is 211 g/mol. The van der Waals surface area contributed by atoms with Crippen LogP contribution in [0.25, 0.3) is 0 Å². The largest absolute Gasteiger partial charge is 0.469 e. The van der Waals surface area contributed by atoms with Gasteiger partial charge in [-0.15, -0.1) is 0 Å². The van der Waals surface area contributed by atoms with Crippen LogP contribution >= 0.6 is 0 Å². The number of furan rings is 1. The highest BCUT2D eigenvalue weighted by molar-refractivity contribution is 4.99. The van der Waals surface area contributed by atoms with Crippen LogP contribution in [0.5, 0.6) is 0 Å². The zero-order valence-electron chi connectivity index (χ0n) is 9.57. The molecule has 0 fully saturated rings. The van der Waals surface area contributed by atoms with E-state index in [0.717, 1.165) is 25.1 Å². The van der Waals surface area contributed by atoms with Gasteiger partial charge in [0.15, 0.2) is 0 Å². The molecule has 1 aromatic heterocycles. The quantitative estimate of drug-likeness (QED) is 0.723. The van der Waals surface area contributed by atoms with E-state index in [0.29, 0.717) is 12.0 Å². The Kier molecular flexibility index (Phi) is 5.43. The minimum Gasteiger partial charge on any atom is -0.469 e. The highest BCUT2D eigenvalue weighted by atomic mass is 16.3. The summed E-state index contributed by atoms with van der Waals surface area (Å²) in [6.45, 7) is 5.51. The van der Waals surface area contributed by atoms with Crippen LogP contribution in [0.4, 0.5) is 0 Å². The molecule has 0 aliphatic rings. The first-order valence-electron chi connectivity index (χ1n) is 5.59. The molecule has 2 N–H and O–H groups in total. The lowest BCUT2D eigenvalue weighted by Gasteiger charge is -2.16. The van der Waals surface area contributed by atoms with Gasteiger partial charge in [0.25, 0.3) is 0 Å². The average Bonchev–Trinajstić information content (AvgIpc) is 2.68. The smallest absolute Gasteiger partial charge is 0.105 e. The van der Waals surface area contributed by atoms with Crippen molar-refractivity contribution in [1.29, 1.82) is 0 Å². The van der Waals surface area contributed by atoms with E-state index in [9.17, 15) is 0 Å². The van der Waals surface area contributed by atoms with E-state index in [4.69, 9.17) is 9.52 Å². The van der Waals surface area contributed by atoms with Crippen molar-refractivity contribution in [2.24, 2.45) is 5.92 Å². The van der Waals surface area contributed by atoms with Gasteiger partial charge in [0, 0.05) is 19.1 Å². The lowest BCUT2D eigenvalue weighted by Crippen LogP contribution is -2.32. The summed E-state index contributed by atoms with van der Waals surface area (Å²) in [5.74, 6) is 1.54. The van der Waals surface area contributed by atoms with Gasteiger partial charge < -0.3 is 14.8 Å². The number of hydrogen-bond donors (Lipinski definition) is 2. The predicted octanol–water partition coefficient (Wildman–Crippen LogP) is 1.82. The number of nitrogens with one attached hydrogen (secondary N) is 1. The van der Waals surface area contributed by atoms with Crippen LogP contribution in [0, 0.1) is 5.92 Å². The summed E-state index contributed by atoms with van der Waals surface area (Å²) in [4.78, 5) is 0. The summed E-state index contributed by atoms with van der Waals surface area (Å²) in [7, 11) is 0. The van der Waals surface area contributed by atoms with Crippen molar-refractivity contribution >= 4 is 0 Å². The molecule has 2 unspecified atom stereocenters. The Hall–Kier alpha value is -0.800. The molecule has 0 aliphatic carbocycles. The molecule has 1 aromatic rings. The number of rotatable bonds is 7. The van der Waals surface area contributed by atoms with E-state index in [1.807, 2.05) is 12.1 Å². The molecular formula is C12H21NO2. The lowest BCUT2D eigenvalue weighted by atomic mass is 10.1. The van der Waals surface area contributed by atoms with E-state index >= 15 is 0 Å². The van der Waals surface area contributed by atoms with E-state index in [-0.39, 0.29) is 6.61 Å². The third kappa shape index (κ3) is 5.00. The highest BCUT2D eigenvalue weighted by Crippen LogP contribution is 2.05. The Morgan fingerprint density at radius 1 is 1.47 bits per heavy atom. The van der Waals surface area contributed by atoms with Crippen LogP contribution in [-0.2, 0) is 6.42 Å². The Balaban J connectivity index is 2.16. The van der Waals surface area contributed by atoms with Crippen molar-refractivity contribution in [2.45, 2.75) is 32.7 Å². The first-order chi connectivity index (χ1) is 7.22. The van der Waals surface area contributed by atoms with Crippen molar-refractivity contribution in [1.82, 2.24) is 5.32 Å². The standard InChI is InChI=1S/C12H21NO2/c1-10(5-6-14)9-13-11(2)8-12-4-3-7-15-12/h3-4,7,10-11,13-14H,5-6,8-9H2,1-2H3. The summed E-state index contributed by atoms with van der Waals surface area (Å²) >= 11 is 0. The van der Waals surface area contributed by atoms with Gasteiger partial charge in [-0.3, -0.25) is 0 Å². The van der Waals surface area contributed by atoms with Crippen LogP contribution in [-0.4, -0.2) is 24.3 Å². The van der Waals surface area contributed by atoms with Gasteiger partial charge in [-0.1, -0.05) is 6.92 Å². The zero-order valence-corrected chi connectivity index (χ0v) is 9.57. The van der Waals surface area contributed by atoms with Gasteiger partial charge in [-0.05, 0) is 37.9 Å². The Morgan fingerprint density at radius 3 is 2.87 bits per heavy atom. The number of hydrogen-bond acceptors (Lipinski definition) is 3. The van der Waals surface area contributed by atoms with E-state index in [1.165, 1.54) is 0 Å². The molecule has 0 radical (unpaired) electrons. The van der Waals surface area contributed by atoms with Crippen LogP contribution in [0.1, 0.15) is 26.0 Å². The molecule has 1 rings (SSSR count). The van der Waals surface area contributed by atoms with Crippen LogP contribution in [0.15, 0.2) is 22.8 Å². The van der Waals surface area contributed by atoms with Crippen LogP contribution in [0.3, 0.4) is 0 Å². The Bertz CT molecular complexity index is 246. The minimum atomic E-state index is 0.273. The maximum atomic E-state index is 8.77. The molecule has 3 nitrogen and oxygen atoms in total. The van der Waals surface area contributed by atoms with Gasteiger partial charge >= 0.3 is 0 Å². The summed E-state index contributed by atoms with van der Waals surface area (Å²) in [6.07, 6.45) is 3.48. The summed E-state index contributed by atoms with van der Waals surface area (Å²) < 4.78 is 5.28. The molecule has 0 aromatic carbocycles. The molecule has 3 heteroatoms. The molecule has 0 bridgehead atoms. The number of aliphatic hydroxyl groups is 1. The SMILES string of the molecule is CC(CCO)CNC(C)Cc1ccco1. The van der Waals surface area contributed by atoms with Gasteiger partial charge in [-0.25, -0.2) is 0 Å². The topological polar surface area (TPSA) is 45.4 Å². The summed E-state index contributed by atoms with van der Waals surface area (Å²) in [6, 6.07) is 4.32. The summed E-state index contributed by atoms with van der Waals surface area (Å²) in [5.41, 5.74) is 0. The van der Waals surface area contributed by atoms with Gasteiger partial charge in [0.1, 0.15) is 5.76 Å². The van der Waals surface area contributed by atoms with Crippen molar-refractivity contribution in [2.75, 3.05) is 13.2 Å². The molecule has 0 aliphatic heterocycles. The fraction of sp³-hybridized carbons (Fsp3) is 0.667. The molecule has 86 valence electrons. The normalized spacial score (nSPS) is 15.1. The molecule has 1 heterocycles. The highest BCUT2D eigenvalue weighted by Gasteiger charge is 2.07. The van der Waals surface area contributed by atoms with Crippen molar-refractivity contribution in [3.05, 3.63) is 24.2 Å². The zero-order chi connectivity index (χ0) is 11.1. The van der Waals surface area contributed by atoms with Gasteiger partial charge in [-0.2, -0.15) is 0 Å². The first-order valence-corrected chi connectivity index (χ1v) is 5.59. The number of aliphatic hydroxyl groups excluding tert-OH is 1. The molecule has 0 saturated carbocycles. The van der Waals surface area contributed by atoms with Crippen LogP contribution < -0.4 is 5.32 Å². The Morgan fingerprint density at radius 2 is 2.27 bits per heavy atom. The second-order valence-electron chi connectivity index (χ2n) is 4.21. The lowest BCUT2D eigenvalue weighted by molar-refractivity contribution is 0.257. The predicted molar refractivity (Wildman–Crippen MR) is 60.7 cm³/mol.